The van der Waals surface area contributed by atoms with Crippen LogP contribution in [0.25, 0.3) is 0 Å². The second-order valence-corrected chi connectivity index (χ2v) is 4.19. The second kappa shape index (κ2) is 19.1. The van der Waals surface area contributed by atoms with E-state index >= 15 is 0 Å². The van der Waals surface area contributed by atoms with Crippen LogP contribution in [0.4, 0.5) is 0 Å². The molecule has 0 fully saturated rings. The molecule has 0 atom stereocenters. The zero-order chi connectivity index (χ0) is 22.6. The van der Waals surface area contributed by atoms with Gasteiger partial charge in [-0.25, -0.2) is 4.79 Å². The number of aliphatic carboxylic acids is 5. The SMILES string of the molecule is CCO.O=C(O)CC(O)(CC(=O)O)C(=O)O.O=C(O)CCC(=O)O.O=CO. The average molecular weight is 402 g/mol. The molecule has 0 spiro atoms. The van der Waals surface area contributed by atoms with Crippen molar-refractivity contribution in [1.29, 1.82) is 0 Å². The molecule has 14 nitrogen and oxygen atoms in total. The Bertz CT molecular complexity index is 453. The zero-order valence-electron chi connectivity index (χ0n) is 14.1. The Balaban J connectivity index is -0.000000160. The van der Waals surface area contributed by atoms with Crippen molar-refractivity contribution in [2.45, 2.75) is 38.2 Å². The largest absolute Gasteiger partial charge is 0.483 e. The molecule has 0 aliphatic heterocycles. The lowest BCUT2D eigenvalue weighted by molar-refractivity contribution is -0.170. The molecule has 0 rings (SSSR count). The molecule has 0 amide bonds. The van der Waals surface area contributed by atoms with Crippen LogP contribution in [0.5, 0.6) is 0 Å². The minimum atomic E-state index is -2.74. The quantitative estimate of drug-likeness (QED) is 0.212. The molecule has 158 valence electrons. The zero-order valence-corrected chi connectivity index (χ0v) is 14.1. The monoisotopic (exact) mass is 402 g/mol. The summed E-state index contributed by atoms with van der Waals surface area (Å²) in [5.41, 5.74) is -2.74. The van der Waals surface area contributed by atoms with Crippen LogP contribution >= 0.6 is 0 Å². The summed E-state index contributed by atoms with van der Waals surface area (Å²) in [6.07, 6.45) is -2.88. The van der Waals surface area contributed by atoms with Crippen molar-refractivity contribution >= 4 is 36.3 Å². The minimum Gasteiger partial charge on any atom is -0.483 e. The van der Waals surface area contributed by atoms with Crippen molar-refractivity contribution in [3.8, 4) is 0 Å². The number of carbonyl (C=O) groups is 6. The number of aliphatic hydroxyl groups is 2. The van der Waals surface area contributed by atoms with Gasteiger partial charge in [-0.1, -0.05) is 0 Å². The minimum absolute atomic E-state index is 0.250. The molecule has 0 heterocycles. The Morgan fingerprint density at radius 2 is 1.00 bits per heavy atom. The van der Waals surface area contributed by atoms with E-state index in [1.165, 1.54) is 0 Å². The molecule has 8 N–H and O–H groups in total. The van der Waals surface area contributed by atoms with Crippen LogP contribution in [0.2, 0.25) is 0 Å². The van der Waals surface area contributed by atoms with E-state index in [0.29, 0.717) is 0 Å². The van der Waals surface area contributed by atoms with Crippen LogP contribution in [0, 0.1) is 0 Å². The van der Waals surface area contributed by atoms with E-state index in [9.17, 15) is 24.0 Å². The molecular weight excluding hydrogens is 380 g/mol. The van der Waals surface area contributed by atoms with Crippen molar-refractivity contribution in [2.24, 2.45) is 0 Å². The highest BCUT2D eigenvalue weighted by atomic mass is 16.4. The molecule has 0 radical (unpaired) electrons. The van der Waals surface area contributed by atoms with Crippen molar-refractivity contribution < 1.29 is 69.6 Å². The number of rotatable bonds is 8. The predicted octanol–water partition coefficient (Wildman–Crippen LogP) is -1.61. The number of carboxylic acid groups (broad SMARTS) is 6. The molecule has 0 aromatic rings. The first-order valence-electron chi connectivity index (χ1n) is 6.75. The Morgan fingerprint density at radius 1 is 0.778 bits per heavy atom. The second-order valence-electron chi connectivity index (χ2n) is 4.19. The van der Waals surface area contributed by atoms with E-state index in [1.54, 1.807) is 6.92 Å². The normalized spacial score (nSPS) is 8.85. The molecule has 0 aromatic heterocycles. The van der Waals surface area contributed by atoms with Crippen LogP contribution < -0.4 is 0 Å². The smallest absolute Gasteiger partial charge is 0.336 e. The lowest BCUT2D eigenvalue weighted by Gasteiger charge is -2.18. The first kappa shape index (κ1) is 31.5. The Kier molecular flexibility index (Phi) is 22.3. The van der Waals surface area contributed by atoms with Crippen molar-refractivity contribution in [2.75, 3.05) is 6.61 Å². The predicted molar refractivity (Wildman–Crippen MR) is 83.0 cm³/mol. The van der Waals surface area contributed by atoms with Crippen LogP contribution in [-0.4, -0.2) is 89.4 Å². The molecule has 27 heavy (non-hydrogen) atoms. The van der Waals surface area contributed by atoms with Crippen LogP contribution in [0.15, 0.2) is 0 Å². The highest BCUT2D eigenvalue weighted by Crippen LogP contribution is 2.15. The van der Waals surface area contributed by atoms with Crippen molar-refractivity contribution in [3.63, 3.8) is 0 Å². The molecular formula is C13H22O14. The van der Waals surface area contributed by atoms with Gasteiger partial charge in [-0.2, -0.15) is 0 Å². The van der Waals surface area contributed by atoms with Crippen LogP contribution in [-0.2, 0) is 28.8 Å². The lowest BCUT2D eigenvalue weighted by atomic mass is 9.96. The molecule has 14 heteroatoms. The van der Waals surface area contributed by atoms with Gasteiger partial charge in [0, 0.05) is 6.61 Å². The first-order valence-corrected chi connectivity index (χ1v) is 6.75. The Morgan fingerprint density at radius 3 is 1.11 bits per heavy atom. The topological polar surface area (TPSA) is 264 Å². The molecule has 0 saturated carbocycles. The number of hydrogen-bond donors (Lipinski definition) is 8. The van der Waals surface area contributed by atoms with Crippen LogP contribution in [0.1, 0.15) is 32.6 Å². The highest BCUT2D eigenvalue weighted by Gasteiger charge is 2.40. The number of carboxylic acids is 5. The van der Waals surface area contributed by atoms with Gasteiger partial charge in [-0.05, 0) is 6.92 Å². The van der Waals surface area contributed by atoms with Crippen molar-refractivity contribution in [1.82, 2.24) is 0 Å². The van der Waals surface area contributed by atoms with Gasteiger partial charge in [-0.15, -0.1) is 0 Å². The Hall–Kier alpha value is -3.26. The van der Waals surface area contributed by atoms with E-state index in [0.717, 1.165) is 0 Å². The van der Waals surface area contributed by atoms with E-state index in [-0.39, 0.29) is 25.9 Å². The highest BCUT2D eigenvalue weighted by molar-refractivity contribution is 5.88. The number of aliphatic hydroxyl groups excluding tert-OH is 1. The summed E-state index contributed by atoms with van der Waals surface area (Å²) in [5.74, 6) is -7.17. The maximum Gasteiger partial charge on any atom is 0.336 e. The lowest BCUT2D eigenvalue weighted by Crippen LogP contribution is -2.42. The summed E-state index contributed by atoms with van der Waals surface area (Å²) in [6.45, 7) is 1.68. The van der Waals surface area contributed by atoms with Gasteiger partial charge >= 0.3 is 29.8 Å². The van der Waals surface area contributed by atoms with Gasteiger partial charge in [0.05, 0.1) is 25.7 Å². The maximum absolute atomic E-state index is 10.3. The molecule has 0 aromatic carbocycles. The third-order valence-corrected chi connectivity index (χ3v) is 1.84. The molecule has 0 aliphatic carbocycles. The summed E-state index contributed by atoms with van der Waals surface area (Å²) in [7, 11) is 0. The van der Waals surface area contributed by atoms with Gasteiger partial charge in [0.15, 0.2) is 5.60 Å². The molecule has 0 bridgehead atoms. The maximum atomic E-state index is 10.3. The summed E-state index contributed by atoms with van der Waals surface area (Å²) >= 11 is 0. The molecule has 0 unspecified atom stereocenters. The van der Waals surface area contributed by atoms with Gasteiger partial charge in [-0.3, -0.25) is 24.0 Å². The van der Waals surface area contributed by atoms with Gasteiger partial charge in [0.25, 0.3) is 6.47 Å². The fourth-order valence-electron chi connectivity index (χ4n) is 0.928. The van der Waals surface area contributed by atoms with Crippen LogP contribution in [0.3, 0.4) is 0 Å². The van der Waals surface area contributed by atoms with E-state index in [1.807, 2.05) is 0 Å². The Labute approximate surface area is 151 Å². The van der Waals surface area contributed by atoms with E-state index in [4.69, 9.17) is 45.6 Å². The fraction of sp³-hybridized carbons (Fsp3) is 0.538. The number of hydrogen-bond acceptors (Lipinski definition) is 8. The van der Waals surface area contributed by atoms with Gasteiger partial charge in [0.2, 0.25) is 0 Å². The van der Waals surface area contributed by atoms with Crippen molar-refractivity contribution in [3.05, 3.63) is 0 Å². The first-order chi connectivity index (χ1) is 12.2. The summed E-state index contributed by atoms with van der Waals surface area (Å²) < 4.78 is 0. The standard InChI is InChI=1S/C6H8O7.C4H6O4.C2H6O.CH2O2/c7-3(8)1-6(13,5(11)12)2-4(9)10;5-3(6)1-2-4(7)8;1-2-3;2-1-3/h13H,1-2H2,(H,7,8)(H,9,10)(H,11,12);1-2H2,(H,5,6)(H,7,8);3H,2H2,1H3;1H,(H,2,3). The van der Waals surface area contributed by atoms with E-state index < -0.39 is 48.3 Å². The third-order valence-electron chi connectivity index (χ3n) is 1.84. The summed E-state index contributed by atoms with van der Waals surface area (Å²) in [6, 6.07) is 0. The van der Waals surface area contributed by atoms with E-state index in [2.05, 4.69) is 0 Å². The molecule has 0 aliphatic rings. The van der Waals surface area contributed by atoms with Gasteiger partial charge in [0.1, 0.15) is 0 Å². The third kappa shape index (κ3) is 31.1. The summed E-state index contributed by atoms with van der Waals surface area (Å²) in [4.78, 5) is 58.1. The average Bonchev–Trinajstić information content (AvgIpc) is 2.45. The molecule has 0 saturated heterocycles. The summed E-state index contributed by atoms with van der Waals surface area (Å²) in [5, 5.41) is 64.1. The van der Waals surface area contributed by atoms with Gasteiger partial charge < -0.3 is 40.9 Å². The fourth-order valence-corrected chi connectivity index (χ4v) is 0.928.